The molecule has 0 saturated carbocycles. The van der Waals surface area contributed by atoms with Crippen molar-refractivity contribution in [2.24, 2.45) is 0 Å². The molecule has 102 valence electrons. The third-order valence-corrected chi connectivity index (χ3v) is 3.60. The Balaban J connectivity index is 0.00000162. The molecule has 0 radical (unpaired) electrons. The molecule has 2 N–H and O–H groups in total. The van der Waals surface area contributed by atoms with Crippen molar-refractivity contribution in [2.75, 3.05) is 6.54 Å². The number of rotatable bonds is 2. The number of benzene rings is 1. The fraction of sp³-hybridized carbons (Fsp3) is 0.600. The molecule has 0 bridgehead atoms. The first-order valence-corrected chi connectivity index (χ1v) is 6.50. The van der Waals surface area contributed by atoms with Crippen LogP contribution < -0.4 is 5.32 Å². The van der Waals surface area contributed by atoms with Gasteiger partial charge in [0.15, 0.2) is 0 Å². The van der Waals surface area contributed by atoms with Crippen molar-refractivity contribution < 1.29 is 5.11 Å². The van der Waals surface area contributed by atoms with Crippen LogP contribution in [0, 0.1) is 0 Å². The van der Waals surface area contributed by atoms with Gasteiger partial charge in [-0.15, -0.1) is 12.4 Å². The van der Waals surface area contributed by atoms with Crippen LogP contribution in [-0.4, -0.2) is 17.7 Å². The lowest BCUT2D eigenvalue weighted by molar-refractivity contribution is 0.137. The Labute approximate surface area is 116 Å². The molecule has 2 atom stereocenters. The van der Waals surface area contributed by atoms with Crippen molar-refractivity contribution in [1.29, 1.82) is 0 Å². The van der Waals surface area contributed by atoms with Crippen molar-refractivity contribution in [3.05, 3.63) is 35.4 Å². The molecule has 2 rings (SSSR count). The molecule has 0 aliphatic carbocycles. The molecule has 1 aromatic rings. The average Bonchev–Trinajstić information content (AvgIpc) is 2.80. The maximum Gasteiger partial charge on any atom is 0.0942 e. The quantitative estimate of drug-likeness (QED) is 0.864. The minimum absolute atomic E-state index is 0. The first-order chi connectivity index (χ1) is 7.98. The highest BCUT2D eigenvalue weighted by atomic mass is 35.5. The van der Waals surface area contributed by atoms with E-state index >= 15 is 0 Å². The third-order valence-electron chi connectivity index (χ3n) is 3.60. The molecule has 1 aliphatic rings. The Morgan fingerprint density at radius 2 is 1.83 bits per heavy atom. The van der Waals surface area contributed by atoms with Crippen LogP contribution in [0.5, 0.6) is 0 Å². The predicted molar refractivity (Wildman–Crippen MR) is 78.4 cm³/mol. The number of halogens is 1. The molecule has 1 aliphatic heterocycles. The van der Waals surface area contributed by atoms with Crippen LogP contribution >= 0.6 is 12.4 Å². The summed E-state index contributed by atoms with van der Waals surface area (Å²) >= 11 is 0. The highest BCUT2D eigenvalue weighted by molar-refractivity contribution is 5.85. The van der Waals surface area contributed by atoms with Crippen LogP contribution in [0.4, 0.5) is 0 Å². The van der Waals surface area contributed by atoms with Gasteiger partial charge < -0.3 is 10.4 Å². The number of hydrogen-bond donors (Lipinski definition) is 2. The van der Waals surface area contributed by atoms with Crippen molar-refractivity contribution in [3.63, 3.8) is 0 Å². The fourth-order valence-corrected chi connectivity index (χ4v) is 2.39. The molecule has 1 heterocycles. The van der Waals surface area contributed by atoms with E-state index in [2.05, 4.69) is 50.4 Å². The second-order valence-electron chi connectivity index (χ2n) is 6.02. The molecular weight excluding hydrogens is 246 g/mol. The van der Waals surface area contributed by atoms with Gasteiger partial charge in [0.25, 0.3) is 0 Å². The van der Waals surface area contributed by atoms with E-state index in [1.165, 1.54) is 12.0 Å². The number of aliphatic hydroxyl groups is 1. The molecule has 3 heteroatoms. The number of aliphatic hydroxyl groups excluding tert-OH is 1. The Bertz CT molecular complexity index is 363. The highest BCUT2D eigenvalue weighted by Gasteiger charge is 2.24. The zero-order chi connectivity index (χ0) is 12.5. The summed E-state index contributed by atoms with van der Waals surface area (Å²) in [4.78, 5) is 0. The lowest BCUT2D eigenvalue weighted by Gasteiger charge is -2.22. The molecular formula is C15H24ClNO. The molecule has 18 heavy (non-hydrogen) atoms. The SMILES string of the molecule is CC(C)(C)c1ccc(C(O)[C@H]2CCCN2)cc1.Cl. The fourth-order valence-electron chi connectivity index (χ4n) is 2.39. The normalized spacial score (nSPS) is 21.4. The third kappa shape index (κ3) is 3.47. The van der Waals surface area contributed by atoms with Crippen molar-refractivity contribution in [3.8, 4) is 0 Å². The van der Waals surface area contributed by atoms with E-state index in [0.717, 1.165) is 18.5 Å². The van der Waals surface area contributed by atoms with Gasteiger partial charge in [-0.2, -0.15) is 0 Å². The first kappa shape index (κ1) is 15.5. The van der Waals surface area contributed by atoms with Crippen LogP contribution in [0.2, 0.25) is 0 Å². The number of hydrogen-bond acceptors (Lipinski definition) is 2. The van der Waals surface area contributed by atoms with Gasteiger partial charge in [0, 0.05) is 6.04 Å². The van der Waals surface area contributed by atoms with Gasteiger partial charge in [-0.1, -0.05) is 45.0 Å². The summed E-state index contributed by atoms with van der Waals surface area (Å²) in [6.07, 6.45) is 1.87. The van der Waals surface area contributed by atoms with Crippen LogP contribution in [0.3, 0.4) is 0 Å². The van der Waals surface area contributed by atoms with Gasteiger partial charge in [0.05, 0.1) is 6.10 Å². The molecule has 0 aromatic heterocycles. The van der Waals surface area contributed by atoms with E-state index in [0.29, 0.717) is 0 Å². The highest BCUT2D eigenvalue weighted by Crippen LogP contribution is 2.26. The zero-order valence-electron chi connectivity index (χ0n) is 11.4. The van der Waals surface area contributed by atoms with E-state index < -0.39 is 0 Å². The van der Waals surface area contributed by atoms with Crippen LogP contribution in [0.25, 0.3) is 0 Å². The minimum Gasteiger partial charge on any atom is -0.387 e. The van der Waals surface area contributed by atoms with E-state index in [1.807, 2.05) is 0 Å². The molecule has 0 spiro atoms. The molecule has 2 nitrogen and oxygen atoms in total. The average molecular weight is 270 g/mol. The Morgan fingerprint density at radius 1 is 1.22 bits per heavy atom. The second-order valence-corrected chi connectivity index (χ2v) is 6.02. The summed E-state index contributed by atoms with van der Waals surface area (Å²) < 4.78 is 0. The Hall–Kier alpha value is -0.570. The molecule has 1 aromatic carbocycles. The van der Waals surface area contributed by atoms with Crippen molar-refractivity contribution in [1.82, 2.24) is 5.32 Å². The van der Waals surface area contributed by atoms with Gasteiger partial charge in [-0.05, 0) is 35.9 Å². The van der Waals surface area contributed by atoms with Crippen molar-refractivity contribution in [2.45, 2.75) is 51.2 Å². The second kappa shape index (κ2) is 6.05. The smallest absolute Gasteiger partial charge is 0.0942 e. The summed E-state index contributed by atoms with van der Waals surface area (Å²) in [6.45, 7) is 7.65. The van der Waals surface area contributed by atoms with E-state index in [-0.39, 0.29) is 30.0 Å². The van der Waals surface area contributed by atoms with Gasteiger partial charge >= 0.3 is 0 Å². The van der Waals surface area contributed by atoms with Gasteiger partial charge in [-0.25, -0.2) is 0 Å². The lowest BCUT2D eigenvalue weighted by Crippen LogP contribution is -2.28. The first-order valence-electron chi connectivity index (χ1n) is 6.50. The van der Waals surface area contributed by atoms with E-state index in [4.69, 9.17) is 0 Å². The predicted octanol–water partition coefficient (Wildman–Crippen LogP) is 3.19. The standard InChI is InChI=1S/C15H23NO.ClH/c1-15(2,3)12-8-6-11(7-9-12)14(17)13-5-4-10-16-13;/h6-9,13-14,16-17H,4-5,10H2,1-3H3;1H/t13-,14?;/m1./s1. The van der Waals surface area contributed by atoms with Gasteiger partial charge in [0.2, 0.25) is 0 Å². The largest absolute Gasteiger partial charge is 0.387 e. The van der Waals surface area contributed by atoms with Crippen LogP contribution in [0.1, 0.15) is 50.8 Å². The molecule has 1 fully saturated rings. The van der Waals surface area contributed by atoms with Crippen LogP contribution in [-0.2, 0) is 5.41 Å². The summed E-state index contributed by atoms with van der Waals surface area (Å²) in [5.74, 6) is 0. The zero-order valence-corrected chi connectivity index (χ0v) is 12.3. The van der Waals surface area contributed by atoms with Crippen LogP contribution in [0.15, 0.2) is 24.3 Å². The summed E-state index contributed by atoms with van der Waals surface area (Å²) in [5, 5.41) is 13.6. The molecule has 0 amide bonds. The minimum atomic E-state index is -0.369. The van der Waals surface area contributed by atoms with Gasteiger partial charge in [-0.3, -0.25) is 0 Å². The Kier molecular flexibility index (Phi) is 5.20. The Morgan fingerprint density at radius 3 is 2.28 bits per heavy atom. The molecule has 1 unspecified atom stereocenters. The number of nitrogens with one attached hydrogen (secondary N) is 1. The van der Waals surface area contributed by atoms with Gasteiger partial charge in [0.1, 0.15) is 0 Å². The maximum atomic E-state index is 10.3. The monoisotopic (exact) mass is 269 g/mol. The summed E-state index contributed by atoms with van der Waals surface area (Å²) in [5.41, 5.74) is 2.51. The lowest BCUT2D eigenvalue weighted by atomic mass is 9.86. The molecule has 1 saturated heterocycles. The van der Waals surface area contributed by atoms with E-state index in [9.17, 15) is 5.11 Å². The maximum absolute atomic E-state index is 10.3. The summed E-state index contributed by atoms with van der Waals surface area (Å²) in [6, 6.07) is 8.62. The summed E-state index contributed by atoms with van der Waals surface area (Å²) in [7, 11) is 0. The topological polar surface area (TPSA) is 32.3 Å². The van der Waals surface area contributed by atoms with E-state index in [1.54, 1.807) is 0 Å². The van der Waals surface area contributed by atoms with Crippen molar-refractivity contribution >= 4 is 12.4 Å².